The number of anilines is 1. The molecule has 0 saturated carbocycles. The molecule has 19 heavy (non-hydrogen) atoms. The van der Waals surface area contributed by atoms with Gasteiger partial charge in [-0.2, -0.15) is 0 Å². The molecule has 0 aliphatic rings. The number of halogens is 2. The van der Waals surface area contributed by atoms with Gasteiger partial charge in [-0.3, -0.25) is 0 Å². The van der Waals surface area contributed by atoms with E-state index in [1.165, 1.54) is 12.1 Å². The van der Waals surface area contributed by atoms with Crippen molar-refractivity contribution in [3.8, 4) is 11.1 Å². The number of nitrogens with zero attached hydrogens (tertiary/aromatic N) is 1. The SMILES string of the molecule is Nc1nc(Cl)c2ccccc2c1-c1ccc(F)cc1. The van der Waals surface area contributed by atoms with Crippen LogP contribution in [0.15, 0.2) is 48.5 Å². The molecule has 0 fully saturated rings. The Morgan fingerprint density at radius 2 is 1.58 bits per heavy atom. The van der Waals surface area contributed by atoms with Crippen LogP contribution in [-0.4, -0.2) is 4.98 Å². The third-order valence-electron chi connectivity index (χ3n) is 3.03. The smallest absolute Gasteiger partial charge is 0.139 e. The first-order chi connectivity index (χ1) is 9.16. The number of hydrogen-bond donors (Lipinski definition) is 1. The average molecular weight is 273 g/mol. The number of nitrogen functional groups attached to an aromatic ring is 1. The van der Waals surface area contributed by atoms with Crippen LogP contribution in [0.5, 0.6) is 0 Å². The monoisotopic (exact) mass is 272 g/mol. The second-order valence-corrected chi connectivity index (χ2v) is 4.57. The van der Waals surface area contributed by atoms with Crippen molar-refractivity contribution < 1.29 is 4.39 Å². The highest BCUT2D eigenvalue weighted by molar-refractivity contribution is 6.35. The molecule has 2 nitrogen and oxygen atoms in total. The molecule has 1 aromatic heterocycles. The van der Waals surface area contributed by atoms with E-state index in [1.54, 1.807) is 12.1 Å². The molecule has 0 bridgehead atoms. The fourth-order valence-corrected chi connectivity index (χ4v) is 2.42. The predicted octanol–water partition coefficient (Wildman–Crippen LogP) is 4.28. The topological polar surface area (TPSA) is 38.9 Å². The molecule has 0 amide bonds. The normalized spacial score (nSPS) is 10.8. The van der Waals surface area contributed by atoms with Gasteiger partial charge in [0.25, 0.3) is 0 Å². The highest BCUT2D eigenvalue weighted by Gasteiger charge is 2.12. The van der Waals surface area contributed by atoms with Crippen molar-refractivity contribution in [1.82, 2.24) is 4.98 Å². The number of benzene rings is 2. The van der Waals surface area contributed by atoms with Crippen molar-refractivity contribution in [1.29, 1.82) is 0 Å². The van der Waals surface area contributed by atoms with Crippen LogP contribution in [0.2, 0.25) is 5.15 Å². The summed E-state index contributed by atoms with van der Waals surface area (Å²) in [6.07, 6.45) is 0. The summed E-state index contributed by atoms with van der Waals surface area (Å²) in [6, 6.07) is 13.8. The highest BCUT2D eigenvalue weighted by atomic mass is 35.5. The summed E-state index contributed by atoms with van der Waals surface area (Å²) in [7, 11) is 0. The average Bonchev–Trinajstić information content (AvgIpc) is 2.41. The highest BCUT2D eigenvalue weighted by Crippen LogP contribution is 2.35. The van der Waals surface area contributed by atoms with E-state index in [1.807, 2.05) is 24.3 Å². The Morgan fingerprint density at radius 1 is 0.947 bits per heavy atom. The van der Waals surface area contributed by atoms with Crippen molar-refractivity contribution in [3.63, 3.8) is 0 Å². The van der Waals surface area contributed by atoms with Crippen LogP contribution >= 0.6 is 11.6 Å². The summed E-state index contributed by atoms with van der Waals surface area (Å²) in [5, 5.41) is 2.11. The number of rotatable bonds is 1. The summed E-state index contributed by atoms with van der Waals surface area (Å²) < 4.78 is 13.0. The van der Waals surface area contributed by atoms with Gasteiger partial charge in [-0.1, -0.05) is 48.0 Å². The Morgan fingerprint density at radius 3 is 2.26 bits per heavy atom. The van der Waals surface area contributed by atoms with E-state index < -0.39 is 0 Å². The lowest BCUT2D eigenvalue weighted by Crippen LogP contribution is -1.96. The molecule has 94 valence electrons. The quantitative estimate of drug-likeness (QED) is 0.672. The van der Waals surface area contributed by atoms with E-state index in [0.29, 0.717) is 11.0 Å². The number of hydrogen-bond acceptors (Lipinski definition) is 2. The minimum atomic E-state index is -0.284. The van der Waals surface area contributed by atoms with Gasteiger partial charge in [-0.15, -0.1) is 0 Å². The first-order valence-electron chi connectivity index (χ1n) is 5.76. The maximum absolute atomic E-state index is 13.0. The van der Waals surface area contributed by atoms with Crippen molar-refractivity contribution in [2.24, 2.45) is 0 Å². The second-order valence-electron chi connectivity index (χ2n) is 4.22. The van der Waals surface area contributed by atoms with E-state index in [-0.39, 0.29) is 5.82 Å². The molecule has 3 rings (SSSR count). The van der Waals surface area contributed by atoms with Gasteiger partial charge in [0, 0.05) is 10.9 Å². The van der Waals surface area contributed by atoms with Crippen molar-refractivity contribution in [3.05, 3.63) is 59.5 Å². The molecule has 1 heterocycles. The summed E-state index contributed by atoms with van der Waals surface area (Å²) in [4.78, 5) is 4.15. The van der Waals surface area contributed by atoms with Crippen molar-refractivity contribution in [2.45, 2.75) is 0 Å². The van der Waals surface area contributed by atoms with Crippen LogP contribution in [0, 0.1) is 5.82 Å². The van der Waals surface area contributed by atoms with Crippen LogP contribution < -0.4 is 5.73 Å². The lowest BCUT2D eigenvalue weighted by atomic mass is 10.00. The Balaban J connectivity index is 2.37. The summed E-state index contributed by atoms with van der Waals surface area (Å²) >= 11 is 6.10. The Hall–Kier alpha value is -2.13. The van der Waals surface area contributed by atoms with E-state index in [9.17, 15) is 4.39 Å². The summed E-state index contributed by atoms with van der Waals surface area (Å²) in [6.45, 7) is 0. The molecule has 0 saturated heterocycles. The van der Waals surface area contributed by atoms with Crippen LogP contribution in [0.25, 0.3) is 21.9 Å². The predicted molar refractivity (Wildman–Crippen MR) is 76.6 cm³/mol. The molecule has 4 heteroatoms. The molecule has 2 N–H and O–H groups in total. The molecular formula is C15H10ClFN2. The van der Waals surface area contributed by atoms with Gasteiger partial charge < -0.3 is 5.73 Å². The molecule has 0 spiro atoms. The minimum Gasteiger partial charge on any atom is -0.383 e. The van der Waals surface area contributed by atoms with Crippen molar-refractivity contribution >= 4 is 28.2 Å². The van der Waals surface area contributed by atoms with Gasteiger partial charge in [-0.25, -0.2) is 9.37 Å². The Labute approximate surface area is 114 Å². The number of fused-ring (bicyclic) bond motifs is 1. The van der Waals surface area contributed by atoms with Crippen molar-refractivity contribution in [2.75, 3.05) is 5.73 Å². The zero-order chi connectivity index (χ0) is 13.4. The van der Waals surface area contributed by atoms with Crippen LogP contribution in [0.3, 0.4) is 0 Å². The van der Waals surface area contributed by atoms with Gasteiger partial charge in [0.15, 0.2) is 0 Å². The van der Waals surface area contributed by atoms with Gasteiger partial charge >= 0.3 is 0 Å². The van der Waals surface area contributed by atoms with Crippen LogP contribution in [-0.2, 0) is 0 Å². The van der Waals surface area contributed by atoms with Gasteiger partial charge in [-0.05, 0) is 23.1 Å². The third-order valence-corrected chi connectivity index (χ3v) is 3.31. The molecule has 2 aromatic carbocycles. The fraction of sp³-hybridized carbons (Fsp3) is 0. The van der Waals surface area contributed by atoms with Gasteiger partial charge in [0.1, 0.15) is 16.8 Å². The lowest BCUT2D eigenvalue weighted by Gasteiger charge is -2.10. The van der Waals surface area contributed by atoms with Crippen LogP contribution in [0.1, 0.15) is 0 Å². The zero-order valence-electron chi connectivity index (χ0n) is 9.90. The Bertz CT molecular complexity index is 754. The summed E-state index contributed by atoms with van der Waals surface area (Å²) in [5.41, 5.74) is 7.56. The first kappa shape index (κ1) is 11.9. The zero-order valence-corrected chi connectivity index (χ0v) is 10.7. The largest absolute Gasteiger partial charge is 0.383 e. The van der Waals surface area contributed by atoms with E-state index >= 15 is 0 Å². The maximum atomic E-state index is 13.0. The Kier molecular flexibility index (Phi) is 2.84. The molecule has 0 radical (unpaired) electrons. The molecule has 0 unspecified atom stereocenters. The standard InChI is InChI=1S/C15H10ClFN2/c16-14-12-4-2-1-3-11(12)13(15(18)19-14)9-5-7-10(17)8-6-9/h1-8H,(H2,18,19). The lowest BCUT2D eigenvalue weighted by molar-refractivity contribution is 0.628. The van der Waals surface area contributed by atoms with Gasteiger partial charge in [0.2, 0.25) is 0 Å². The summed E-state index contributed by atoms with van der Waals surface area (Å²) in [5.74, 6) is 0.0591. The molecule has 0 aliphatic heterocycles. The van der Waals surface area contributed by atoms with E-state index in [0.717, 1.165) is 21.9 Å². The fourth-order valence-electron chi connectivity index (χ4n) is 2.16. The van der Waals surface area contributed by atoms with Crippen LogP contribution in [0.4, 0.5) is 10.2 Å². The minimum absolute atomic E-state index is 0.284. The van der Waals surface area contributed by atoms with E-state index in [4.69, 9.17) is 17.3 Å². The number of aromatic nitrogens is 1. The maximum Gasteiger partial charge on any atom is 0.139 e. The molecule has 0 aliphatic carbocycles. The number of pyridine rings is 1. The molecular weight excluding hydrogens is 263 g/mol. The first-order valence-corrected chi connectivity index (χ1v) is 6.14. The third kappa shape index (κ3) is 2.02. The molecule has 3 aromatic rings. The van der Waals surface area contributed by atoms with E-state index in [2.05, 4.69) is 4.98 Å². The second kappa shape index (κ2) is 4.52. The molecule has 0 atom stereocenters. The van der Waals surface area contributed by atoms with Gasteiger partial charge in [0.05, 0.1) is 0 Å². The number of nitrogens with two attached hydrogens (primary N) is 1.